The quantitative estimate of drug-likeness (QED) is 0.541. The maximum Gasteiger partial charge on any atom is 0.229 e. The summed E-state index contributed by atoms with van der Waals surface area (Å²) in [5.74, 6) is 2.63. The standard InChI is InChI=1S/C18H13ClN4O/c19-13-5-7-14(8-6-13)24-18-15-4-2-1-3-12(15)11-17(22-18)21-16-9-10-20-23-16/h1-11H,(H2,20,21,22,23). The summed E-state index contributed by atoms with van der Waals surface area (Å²) in [6.07, 6.45) is 1.68. The third-order valence-electron chi connectivity index (χ3n) is 3.50. The van der Waals surface area contributed by atoms with E-state index in [1.165, 1.54) is 0 Å². The lowest BCUT2D eigenvalue weighted by molar-refractivity contribution is 0.470. The molecule has 0 aliphatic carbocycles. The Hall–Kier alpha value is -3.05. The molecular formula is C18H13ClN4O. The van der Waals surface area contributed by atoms with Gasteiger partial charge in [0.2, 0.25) is 5.88 Å². The molecule has 2 aromatic carbocycles. The average molecular weight is 337 g/mol. The number of nitrogens with one attached hydrogen (secondary N) is 2. The number of nitrogens with zero attached hydrogens (tertiary/aromatic N) is 2. The summed E-state index contributed by atoms with van der Waals surface area (Å²) < 4.78 is 5.97. The van der Waals surface area contributed by atoms with Gasteiger partial charge in [-0.25, -0.2) is 0 Å². The molecule has 0 amide bonds. The van der Waals surface area contributed by atoms with Crippen LogP contribution in [0.4, 0.5) is 11.6 Å². The molecule has 24 heavy (non-hydrogen) atoms. The summed E-state index contributed by atoms with van der Waals surface area (Å²) in [7, 11) is 0. The predicted octanol–water partition coefficient (Wildman–Crippen LogP) is 5.15. The van der Waals surface area contributed by atoms with Gasteiger partial charge < -0.3 is 10.1 Å². The Balaban J connectivity index is 1.75. The molecule has 0 atom stereocenters. The summed E-state index contributed by atoms with van der Waals surface area (Å²) in [4.78, 5) is 4.58. The zero-order valence-corrected chi connectivity index (χ0v) is 13.3. The highest BCUT2D eigenvalue weighted by molar-refractivity contribution is 6.30. The van der Waals surface area contributed by atoms with Crippen molar-refractivity contribution in [2.24, 2.45) is 0 Å². The van der Waals surface area contributed by atoms with Gasteiger partial charge in [0, 0.05) is 16.5 Å². The number of ether oxygens (including phenoxy) is 1. The number of halogens is 1. The van der Waals surface area contributed by atoms with Crippen LogP contribution in [0.2, 0.25) is 5.02 Å². The molecule has 0 saturated carbocycles. The molecule has 0 saturated heterocycles. The number of benzene rings is 2. The van der Waals surface area contributed by atoms with E-state index in [0.29, 0.717) is 22.5 Å². The fourth-order valence-electron chi connectivity index (χ4n) is 2.39. The number of H-pyrrole nitrogens is 1. The van der Waals surface area contributed by atoms with Crippen LogP contribution in [0, 0.1) is 0 Å². The van der Waals surface area contributed by atoms with E-state index in [-0.39, 0.29) is 0 Å². The van der Waals surface area contributed by atoms with Crippen molar-refractivity contribution in [3.63, 3.8) is 0 Å². The van der Waals surface area contributed by atoms with Crippen molar-refractivity contribution in [3.8, 4) is 11.6 Å². The van der Waals surface area contributed by atoms with E-state index < -0.39 is 0 Å². The summed E-state index contributed by atoms with van der Waals surface area (Å²) in [5.41, 5.74) is 0. The molecular weight excluding hydrogens is 324 g/mol. The van der Waals surface area contributed by atoms with E-state index in [1.54, 1.807) is 18.3 Å². The van der Waals surface area contributed by atoms with Crippen molar-refractivity contribution in [2.75, 3.05) is 5.32 Å². The Labute approximate surface area is 143 Å². The zero-order valence-electron chi connectivity index (χ0n) is 12.5. The fourth-order valence-corrected chi connectivity index (χ4v) is 2.51. The zero-order chi connectivity index (χ0) is 16.4. The second-order valence-electron chi connectivity index (χ2n) is 5.19. The van der Waals surface area contributed by atoms with Crippen LogP contribution in [0.1, 0.15) is 0 Å². The van der Waals surface area contributed by atoms with Crippen molar-refractivity contribution in [1.29, 1.82) is 0 Å². The summed E-state index contributed by atoms with van der Waals surface area (Å²) >= 11 is 5.92. The Morgan fingerprint density at radius 1 is 1.00 bits per heavy atom. The van der Waals surface area contributed by atoms with Gasteiger partial charge >= 0.3 is 0 Å². The number of fused-ring (bicyclic) bond motifs is 1. The molecule has 5 nitrogen and oxygen atoms in total. The van der Waals surface area contributed by atoms with Gasteiger partial charge in [-0.15, -0.1) is 0 Å². The lowest BCUT2D eigenvalue weighted by atomic mass is 10.1. The summed E-state index contributed by atoms with van der Waals surface area (Å²) in [6.45, 7) is 0. The first-order valence-corrected chi connectivity index (χ1v) is 7.75. The van der Waals surface area contributed by atoms with E-state index in [0.717, 1.165) is 16.6 Å². The number of pyridine rings is 1. The van der Waals surface area contributed by atoms with Crippen molar-refractivity contribution < 1.29 is 4.74 Å². The van der Waals surface area contributed by atoms with Crippen LogP contribution in [-0.2, 0) is 0 Å². The normalized spacial score (nSPS) is 10.7. The molecule has 0 fully saturated rings. The summed E-state index contributed by atoms with van der Waals surface area (Å²) in [6, 6.07) is 18.9. The monoisotopic (exact) mass is 336 g/mol. The van der Waals surface area contributed by atoms with Crippen LogP contribution in [0.15, 0.2) is 66.9 Å². The Kier molecular flexibility index (Phi) is 3.76. The number of aromatic nitrogens is 3. The van der Waals surface area contributed by atoms with E-state index >= 15 is 0 Å². The molecule has 118 valence electrons. The van der Waals surface area contributed by atoms with Crippen LogP contribution in [0.3, 0.4) is 0 Å². The maximum absolute atomic E-state index is 5.97. The molecule has 2 aromatic heterocycles. The van der Waals surface area contributed by atoms with Gasteiger partial charge in [-0.1, -0.05) is 29.8 Å². The third-order valence-corrected chi connectivity index (χ3v) is 3.75. The topological polar surface area (TPSA) is 62.8 Å². The molecule has 0 aliphatic heterocycles. The fraction of sp³-hybridized carbons (Fsp3) is 0. The molecule has 6 heteroatoms. The molecule has 0 radical (unpaired) electrons. The van der Waals surface area contributed by atoms with Crippen molar-refractivity contribution >= 4 is 34.0 Å². The number of anilines is 2. The Bertz CT molecular complexity index is 968. The van der Waals surface area contributed by atoms with Gasteiger partial charge in [-0.05, 0) is 41.8 Å². The summed E-state index contributed by atoms with van der Waals surface area (Å²) in [5, 5.41) is 12.6. The molecule has 0 unspecified atom stereocenters. The van der Waals surface area contributed by atoms with Crippen molar-refractivity contribution in [3.05, 3.63) is 71.9 Å². The number of hydrogen-bond acceptors (Lipinski definition) is 4. The lowest BCUT2D eigenvalue weighted by Crippen LogP contribution is -1.97. The second-order valence-corrected chi connectivity index (χ2v) is 5.62. The predicted molar refractivity (Wildman–Crippen MR) is 95.1 cm³/mol. The van der Waals surface area contributed by atoms with Gasteiger partial charge in [-0.2, -0.15) is 10.1 Å². The molecule has 0 aliphatic rings. The van der Waals surface area contributed by atoms with Gasteiger partial charge in [0.05, 0.1) is 6.20 Å². The molecule has 2 heterocycles. The van der Waals surface area contributed by atoms with Gasteiger partial charge in [0.15, 0.2) is 0 Å². The lowest BCUT2D eigenvalue weighted by Gasteiger charge is -2.11. The molecule has 4 aromatic rings. The molecule has 0 bridgehead atoms. The molecule has 2 N–H and O–H groups in total. The van der Waals surface area contributed by atoms with E-state index in [4.69, 9.17) is 16.3 Å². The minimum Gasteiger partial charge on any atom is -0.438 e. The minimum atomic E-state index is 0.525. The highest BCUT2D eigenvalue weighted by atomic mass is 35.5. The van der Waals surface area contributed by atoms with E-state index in [2.05, 4.69) is 20.5 Å². The smallest absolute Gasteiger partial charge is 0.229 e. The van der Waals surface area contributed by atoms with Gasteiger partial charge in [0.1, 0.15) is 17.4 Å². The van der Waals surface area contributed by atoms with Crippen LogP contribution in [0.5, 0.6) is 11.6 Å². The van der Waals surface area contributed by atoms with Crippen molar-refractivity contribution in [2.45, 2.75) is 0 Å². The van der Waals surface area contributed by atoms with E-state index in [9.17, 15) is 0 Å². The van der Waals surface area contributed by atoms with Crippen molar-refractivity contribution in [1.82, 2.24) is 15.2 Å². The van der Waals surface area contributed by atoms with Crippen LogP contribution in [-0.4, -0.2) is 15.2 Å². The number of hydrogen-bond donors (Lipinski definition) is 2. The van der Waals surface area contributed by atoms with E-state index in [1.807, 2.05) is 48.5 Å². The third kappa shape index (κ3) is 3.02. The minimum absolute atomic E-state index is 0.525. The molecule has 0 spiro atoms. The second kappa shape index (κ2) is 6.22. The van der Waals surface area contributed by atoms with Crippen LogP contribution in [0.25, 0.3) is 10.8 Å². The van der Waals surface area contributed by atoms with Gasteiger partial charge in [0.25, 0.3) is 0 Å². The largest absolute Gasteiger partial charge is 0.438 e. The average Bonchev–Trinajstić information content (AvgIpc) is 3.10. The van der Waals surface area contributed by atoms with Crippen LogP contribution < -0.4 is 10.1 Å². The first-order valence-electron chi connectivity index (χ1n) is 7.37. The van der Waals surface area contributed by atoms with Gasteiger partial charge in [-0.3, -0.25) is 5.10 Å². The number of aromatic amines is 1. The first kappa shape index (κ1) is 14.5. The molecule has 4 rings (SSSR count). The highest BCUT2D eigenvalue weighted by Gasteiger charge is 2.09. The Morgan fingerprint density at radius 2 is 1.83 bits per heavy atom. The maximum atomic E-state index is 5.97. The SMILES string of the molecule is Clc1ccc(Oc2nc(Nc3ccn[nH]3)cc3ccccc23)cc1. The van der Waals surface area contributed by atoms with Crippen LogP contribution >= 0.6 is 11.6 Å². The highest BCUT2D eigenvalue weighted by Crippen LogP contribution is 2.31. The first-order chi connectivity index (χ1) is 11.8. The Morgan fingerprint density at radius 3 is 2.62 bits per heavy atom. The number of rotatable bonds is 4.